The lowest BCUT2D eigenvalue weighted by Crippen LogP contribution is -2.45. The molecule has 1 atom stereocenters. The number of hydrogen-bond donors (Lipinski definition) is 1. The van der Waals surface area contributed by atoms with Gasteiger partial charge in [0.15, 0.2) is 5.75 Å². The number of primary amides is 1. The Bertz CT molecular complexity index is 2640. The number of aryl methyl sites for hydroxylation is 1. The van der Waals surface area contributed by atoms with Crippen LogP contribution in [0.4, 0.5) is 0 Å². The molecule has 350 valence electrons. The Morgan fingerprint density at radius 1 is 0.791 bits per heavy atom. The molecule has 2 amide bonds. The number of likely N-dealkylation sites (tertiary alicyclic amines) is 1. The number of amides is 2. The first kappa shape index (κ1) is 47.1. The number of nitrogens with two attached hydrogens (primary N) is 1. The van der Waals surface area contributed by atoms with Gasteiger partial charge in [0.25, 0.3) is 5.91 Å². The average Bonchev–Trinajstić information content (AvgIpc) is 3.83. The molecule has 2 aliphatic rings. The van der Waals surface area contributed by atoms with Crippen LogP contribution in [0, 0.1) is 6.92 Å². The first-order valence-electron chi connectivity index (χ1n) is 23.0. The number of carbonyl (C=O) groups excluding carboxylic acids is 3. The summed E-state index contributed by atoms with van der Waals surface area (Å²) in [5.74, 6) is 2.37. The molecule has 6 aromatic rings. The molecule has 0 spiro atoms. The van der Waals surface area contributed by atoms with Crippen LogP contribution in [-0.2, 0) is 32.2 Å². The second-order valence-corrected chi connectivity index (χ2v) is 19.1. The van der Waals surface area contributed by atoms with Crippen LogP contribution in [0.2, 0.25) is 0 Å². The van der Waals surface area contributed by atoms with Gasteiger partial charge >= 0.3 is 5.97 Å². The van der Waals surface area contributed by atoms with Gasteiger partial charge in [0.2, 0.25) is 5.91 Å². The van der Waals surface area contributed by atoms with Gasteiger partial charge in [-0.05, 0) is 124 Å². The number of ether oxygens (including phenoxy) is 6. The van der Waals surface area contributed by atoms with E-state index in [-0.39, 0.29) is 31.4 Å². The molecule has 0 bridgehead atoms. The van der Waals surface area contributed by atoms with Crippen molar-refractivity contribution in [1.82, 2.24) is 9.80 Å². The summed E-state index contributed by atoms with van der Waals surface area (Å²) < 4.78 is 37.6. The number of rotatable bonds is 20. The topological polar surface area (TPSA) is 139 Å². The van der Waals surface area contributed by atoms with Crippen molar-refractivity contribution in [2.45, 2.75) is 84.3 Å². The Kier molecular flexibility index (Phi) is 15.1. The normalized spacial score (nSPS) is 14.7. The van der Waals surface area contributed by atoms with Crippen LogP contribution in [0.1, 0.15) is 73.5 Å². The maximum atomic E-state index is 13.2. The van der Waals surface area contributed by atoms with Crippen LogP contribution in [0.15, 0.2) is 115 Å². The molecule has 12 nitrogen and oxygen atoms in total. The molecule has 13 heteroatoms. The predicted molar refractivity (Wildman–Crippen MR) is 260 cm³/mol. The van der Waals surface area contributed by atoms with Crippen LogP contribution in [0.25, 0.3) is 20.5 Å². The maximum Gasteiger partial charge on any atom is 0.306 e. The van der Waals surface area contributed by atoms with E-state index in [4.69, 9.17) is 34.2 Å². The summed E-state index contributed by atoms with van der Waals surface area (Å²) in [4.78, 5) is 42.7. The highest BCUT2D eigenvalue weighted by Crippen LogP contribution is 2.47. The smallest absolute Gasteiger partial charge is 0.306 e. The predicted octanol–water partition coefficient (Wildman–Crippen LogP) is 10.1. The minimum absolute atomic E-state index is 0.0273. The van der Waals surface area contributed by atoms with Crippen LogP contribution in [0.3, 0.4) is 0 Å². The minimum Gasteiger partial charge on any atom is -0.492 e. The van der Waals surface area contributed by atoms with Gasteiger partial charge in [0.05, 0.1) is 17.6 Å². The molecular weight excluding hydrogens is 867 g/mol. The zero-order chi connectivity index (χ0) is 46.9. The van der Waals surface area contributed by atoms with Gasteiger partial charge in [-0.2, -0.15) is 0 Å². The number of benzene rings is 5. The van der Waals surface area contributed by atoms with Crippen molar-refractivity contribution >= 4 is 39.2 Å². The third-order valence-electron chi connectivity index (χ3n) is 11.8. The molecule has 0 radical (unpaired) electrons. The van der Waals surface area contributed by atoms with Gasteiger partial charge in [-0.1, -0.05) is 60.2 Å². The van der Waals surface area contributed by atoms with E-state index in [1.807, 2.05) is 54.6 Å². The number of hydrogen-bond acceptors (Lipinski definition) is 11. The standard InChI is InChI=1S/C54H59N3O9S/c1-36-10-12-38(13-11-36)51-50(46-21-19-44(33-48(46)67-51)64-35-37-8-6-5-7-9-37)65-42-16-14-40(15-17-42)61-29-28-56-26-24-41(25-27-56)62-30-31-63-43-18-20-45-39(32-43)34-57(53(45)60)47(52(55)59)22-23-49(58)66-54(2,3)4/h5-21,32-33,41,47H,22-31,34-35H2,1-4H3,(H2,55,59)/t47-/m0/s1. The molecule has 1 saturated heterocycles. The molecule has 67 heavy (non-hydrogen) atoms. The fourth-order valence-electron chi connectivity index (χ4n) is 8.33. The maximum absolute atomic E-state index is 13.2. The van der Waals surface area contributed by atoms with Crippen LogP contribution in [-0.4, -0.2) is 84.8 Å². The van der Waals surface area contributed by atoms with Crippen molar-refractivity contribution in [2.24, 2.45) is 5.73 Å². The first-order valence-corrected chi connectivity index (χ1v) is 23.8. The van der Waals surface area contributed by atoms with E-state index < -0.39 is 23.5 Å². The molecule has 2 N–H and O–H groups in total. The third kappa shape index (κ3) is 12.5. The summed E-state index contributed by atoms with van der Waals surface area (Å²) >= 11 is 1.70. The zero-order valence-electron chi connectivity index (χ0n) is 38.7. The first-order chi connectivity index (χ1) is 32.3. The van der Waals surface area contributed by atoms with Crippen LogP contribution < -0.4 is 24.7 Å². The number of esters is 1. The largest absolute Gasteiger partial charge is 0.492 e. The summed E-state index contributed by atoms with van der Waals surface area (Å²) in [6.45, 7) is 12.1. The Morgan fingerprint density at radius 3 is 2.21 bits per heavy atom. The fourth-order valence-corrected chi connectivity index (χ4v) is 9.49. The van der Waals surface area contributed by atoms with E-state index in [1.165, 1.54) is 10.5 Å². The molecular formula is C54H59N3O9S. The number of piperidine rings is 1. The molecule has 0 aliphatic carbocycles. The Hall–Kier alpha value is -6.41. The van der Waals surface area contributed by atoms with Crippen molar-refractivity contribution in [1.29, 1.82) is 0 Å². The van der Waals surface area contributed by atoms with Crippen LogP contribution in [0.5, 0.6) is 28.7 Å². The number of fused-ring (bicyclic) bond motifs is 2. The minimum atomic E-state index is -0.927. The van der Waals surface area contributed by atoms with E-state index in [2.05, 4.69) is 60.4 Å². The Morgan fingerprint density at radius 2 is 1.48 bits per heavy atom. The monoisotopic (exact) mass is 925 g/mol. The molecule has 8 rings (SSSR count). The Balaban J connectivity index is 0.758. The molecule has 1 aromatic heterocycles. The van der Waals surface area contributed by atoms with E-state index in [9.17, 15) is 14.4 Å². The molecule has 3 heterocycles. The fraction of sp³-hybridized carbons (Fsp3) is 0.352. The van der Waals surface area contributed by atoms with Crippen molar-refractivity contribution in [3.8, 4) is 39.2 Å². The number of carbonyl (C=O) groups is 3. The SMILES string of the molecule is Cc1ccc(-c2sc3cc(OCc4ccccc4)ccc3c2Oc2ccc(OCCN3CCC(OCCOc4ccc5c(c4)CN([C@@H](CCC(=O)OC(C)(C)C)C(N)=O)C5=O)CC3)cc2)cc1. The van der Waals surface area contributed by atoms with Gasteiger partial charge in [-0.3, -0.25) is 19.3 Å². The van der Waals surface area contributed by atoms with Crippen molar-refractivity contribution in [3.05, 3.63) is 138 Å². The molecule has 5 aromatic carbocycles. The highest BCUT2D eigenvalue weighted by molar-refractivity contribution is 7.22. The van der Waals surface area contributed by atoms with E-state index in [0.717, 1.165) is 87.1 Å². The highest BCUT2D eigenvalue weighted by atomic mass is 32.1. The lowest BCUT2D eigenvalue weighted by Gasteiger charge is -2.31. The van der Waals surface area contributed by atoms with Gasteiger partial charge in [-0.25, -0.2) is 0 Å². The van der Waals surface area contributed by atoms with Crippen molar-refractivity contribution < 1.29 is 42.8 Å². The molecule has 0 unspecified atom stereocenters. The second kappa shape index (κ2) is 21.5. The molecule has 0 saturated carbocycles. The second-order valence-electron chi connectivity index (χ2n) is 18.0. The van der Waals surface area contributed by atoms with Gasteiger partial charge in [0.1, 0.15) is 54.5 Å². The number of nitrogens with zero attached hydrogens (tertiary/aromatic N) is 2. The number of thiophene rings is 1. The van der Waals surface area contributed by atoms with E-state index in [1.54, 1.807) is 44.2 Å². The summed E-state index contributed by atoms with van der Waals surface area (Å²) in [7, 11) is 0. The Labute approximate surface area is 396 Å². The van der Waals surface area contributed by atoms with Gasteiger partial charge in [0, 0.05) is 48.2 Å². The summed E-state index contributed by atoms with van der Waals surface area (Å²) in [6, 6.07) is 37.1. The van der Waals surface area contributed by atoms with E-state index >= 15 is 0 Å². The third-order valence-corrected chi connectivity index (χ3v) is 13.0. The van der Waals surface area contributed by atoms with Gasteiger partial charge in [-0.15, -0.1) is 11.3 Å². The zero-order valence-corrected chi connectivity index (χ0v) is 39.5. The lowest BCUT2D eigenvalue weighted by atomic mass is 10.1. The summed E-state index contributed by atoms with van der Waals surface area (Å²) in [5, 5.41) is 1.03. The van der Waals surface area contributed by atoms with Crippen molar-refractivity contribution in [3.63, 3.8) is 0 Å². The lowest BCUT2D eigenvalue weighted by molar-refractivity contribution is -0.155. The quantitative estimate of drug-likeness (QED) is 0.0582. The van der Waals surface area contributed by atoms with Crippen LogP contribution >= 0.6 is 11.3 Å². The van der Waals surface area contributed by atoms with Crippen molar-refractivity contribution in [2.75, 3.05) is 39.5 Å². The summed E-state index contributed by atoms with van der Waals surface area (Å²) in [6.07, 6.45) is 2.04. The highest BCUT2D eigenvalue weighted by Gasteiger charge is 2.36. The average molecular weight is 926 g/mol. The molecule has 2 aliphatic heterocycles. The van der Waals surface area contributed by atoms with Gasteiger partial charge < -0.3 is 39.1 Å². The molecule has 1 fully saturated rings. The summed E-state index contributed by atoms with van der Waals surface area (Å²) in [5.41, 5.74) is 9.70. The van der Waals surface area contributed by atoms with E-state index in [0.29, 0.717) is 37.7 Å².